The van der Waals surface area contributed by atoms with E-state index in [-0.39, 0.29) is 6.04 Å². The maximum absolute atomic E-state index is 4.69. The van der Waals surface area contributed by atoms with E-state index < -0.39 is 0 Å². The summed E-state index contributed by atoms with van der Waals surface area (Å²) in [6.07, 6.45) is 3.85. The third-order valence-corrected chi connectivity index (χ3v) is 3.62. The molecule has 2 heterocycles. The van der Waals surface area contributed by atoms with Crippen molar-refractivity contribution < 1.29 is 0 Å². The maximum Gasteiger partial charge on any atom is 0.0772 e. The number of nitrogens with one attached hydrogen (secondary N) is 1. The predicted molar refractivity (Wildman–Crippen MR) is 86.2 cm³/mol. The van der Waals surface area contributed by atoms with Gasteiger partial charge in [-0.25, -0.2) is 0 Å². The molecule has 0 saturated carbocycles. The molecular weight excluding hydrogens is 258 g/mol. The first-order valence-corrected chi connectivity index (χ1v) is 7.29. The van der Waals surface area contributed by atoms with Crippen molar-refractivity contribution in [1.29, 1.82) is 0 Å². The van der Waals surface area contributed by atoms with Crippen LogP contribution < -0.4 is 5.32 Å². The van der Waals surface area contributed by atoms with E-state index in [0.717, 1.165) is 23.3 Å². The summed E-state index contributed by atoms with van der Waals surface area (Å²) in [5.41, 5.74) is 3.24. The molecule has 1 atom stereocenters. The van der Waals surface area contributed by atoms with Gasteiger partial charge >= 0.3 is 0 Å². The molecule has 2 aromatic heterocycles. The van der Waals surface area contributed by atoms with Gasteiger partial charge in [-0.05, 0) is 31.0 Å². The van der Waals surface area contributed by atoms with Crippen molar-refractivity contribution >= 4 is 10.8 Å². The Morgan fingerprint density at radius 3 is 2.71 bits per heavy atom. The number of nitrogens with zero attached hydrogens (tertiary/aromatic N) is 2. The lowest BCUT2D eigenvalue weighted by atomic mass is 9.98. The minimum absolute atomic E-state index is 0.0634. The lowest BCUT2D eigenvalue weighted by molar-refractivity contribution is 0.616. The van der Waals surface area contributed by atoms with Gasteiger partial charge in [0.05, 0.1) is 11.7 Å². The zero-order valence-corrected chi connectivity index (χ0v) is 12.4. The van der Waals surface area contributed by atoms with Gasteiger partial charge in [0.1, 0.15) is 0 Å². The fourth-order valence-corrected chi connectivity index (χ4v) is 2.67. The molecule has 0 saturated heterocycles. The first-order valence-electron chi connectivity index (χ1n) is 7.29. The van der Waals surface area contributed by atoms with Crippen LogP contribution in [-0.2, 0) is 0 Å². The molecule has 0 amide bonds. The highest BCUT2D eigenvalue weighted by atomic mass is 14.9. The van der Waals surface area contributed by atoms with Crippen LogP contribution in [0.25, 0.3) is 10.8 Å². The van der Waals surface area contributed by atoms with Gasteiger partial charge in [0, 0.05) is 29.0 Å². The molecule has 0 aliphatic rings. The minimum Gasteiger partial charge on any atom is -0.305 e. The molecule has 1 unspecified atom stereocenters. The monoisotopic (exact) mass is 277 g/mol. The highest BCUT2D eigenvalue weighted by molar-refractivity contribution is 5.85. The van der Waals surface area contributed by atoms with E-state index in [1.807, 2.05) is 31.5 Å². The Kier molecular flexibility index (Phi) is 3.93. The zero-order valence-electron chi connectivity index (χ0n) is 12.4. The van der Waals surface area contributed by atoms with Gasteiger partial charge in [0.2, 0.25) is 0 Å². The van der Waals surface area contributed by atoms with Gasteiger partial charge in [-0.15, -0.1) is 0 Å². The summed E-state index contributed by atoms with van der Waals surface area (Å²) >= 11 is 0. The zero-order chi connectivity index (χ0) is 14.7. The van der Waals surface area contributed by atoms with Crippen LogP contribution in [0.2, 0.25) is 0 Å². The smallest absolute Gasteiger partial charge is 0.0772 e. The Labute approximate surface area is 125 Å². The van der Waals surface area contributed by atoms with E-state index in [2.05, 4.69) is 52.5 Å². The molecule has 0 aliphatic heterocycles. The Hall–Kier alpha value is -2.26. The lowest BCUT2D eigenvalue weighted by Crippen LogP contribution is -2.23. The molecule has 0 spiro atoms. The molecular formula is C18H19N3. The molecule has 0 bridgehead atoms. The Bertz CT molecular complexity index is 747. The van der Waals surface area contributed by atoms with Crippen LogP contribution in [-0.4, -0.2) is 16.5 Å². The minimum atomic E-state index is 0.0634. The van der Waals surface area contributed by atoms with E-state index in [1.165, 1.54) is 10.9 Å². The number of hydrogen-bond donors (Lipinski definition) is 1. The molecule has 3 nitrogen and oxygen atoms in total. The number of fused-ring (bicyclic) bond motifs is 1. The number of aromatic nitrogens is 2. The average Bonchev–Trinajstić information content (AvgIpc) is 2.52. The molecule has 1 aromatic carbocycles. The Morgan fingerprint density at radius 2 is 1.90 bits per heavy atom. The number of benzene rings is 1. The van der Waals surface area contributed by atoms with Gasteiger partial charge < -0.3 is 5.32 Å². The second kappa shape index (κ2) is 6.02. The van der Waals surface area contributed by atoms with Crippen molar-refractivity contribution in [2.45, 2.75) is 19.9 Å². The molecule has 0 aliphatic carbocycles. The second-order valence-electron chi connectivity index (χ2n) is 5.14. The van der Waals surface area contributed by atoms with Gasteiger partial charge in [0.15, 0.2) is 0 Å². The summed E-state index contributed by atoms with van der Waals surface area (Å²) in [7, 11) is 0. The molecule has 106 valence electrons. The van der Waals surface area contributed by atoms with E-state index in [9.17, 15) is 0 Å². The van der Waals surface area contributed by atoms with Crippen molar-refractivity contribution in [1.82, 2.24) is 15.3 Å². The standard InChI is InChI=1S/C18H19N3/c1-3-20-18(17-10-6-7-13(2)21-17)16-12-19-11-14-8-4-5-9-15(14)16/h4-12,18,20H,3H2,1-2H3. The summed E-state index contributed by atoms with van der Waals surface area (Å²) in [5.74, 6) is 0. The molecule has 3 heteroatoms. The molecule has 3 rings (SSSR count). The van der Waals surface area contributed by atoms with Crippen molar-refractivity contribution in [2.24, 2.45) is 0 Å². The SMILES string of the molecule is CCNC(c1cccc(C)n1)c1cncc2ccccc12. The normalized spacial score (nSPS) is 12.5. The summed E-state index contributed by atoms with van der Waals surface area (Å²) in [6.45, 7) is 5.01. The molecule has 0 fully saturated rings. The fraction of sp³-hybridized carbons (Fsp3) is 0.222. The van der Waals surface area contributed by atoms with Crippen LogP contribution in [0.15, 0.2) is 54.9 Å². The molecule has 0 radical (unpaired) electrons. The van der Waals surface area contributed by atoms with Crippen molar-refractivity contribution in [2.75, 3.05) is 6.54 Å². The van der Waals surface area contributed by atoms with Crippen molar-refractivity contribution in [3.63, 3.8) is 0 Å². The third kappa shape index (κ3) is 2.78. The van der Waals surface area contributed by atoms with E-state index in [1.54, 1.807) is 0 Å². The first kappa shape index (κ1) is 13.7. The topological polar surface area (TPSA) is 37.8 Å². The van der Waals surface area contributed by atoms with Crippen LogP contribution in [0.1, 0.15) is 29.9 Å². The van der Waals surface area contributed by atoms with Crippen LogP contribution >= 0.6 is 0 Å². The van der Waals surface area contributed by atoms with Gasteiger partial charge in [-0.2, -0.15) is 0 Å². The van der Waals surface area contributed by atoms with Gasteiger partial charge in [-0.1, -0.05) is 37.3 Å². The summed E-state index contributed by atoms with van der Waals surface area (Å²) in [4.78, 5) is 9.08. The average molecular weight is 277 g/mol. The van der Waals surface area contributed by atoms with Crippen molar-refractivity contribution in [3.8, 4) is 0 Å². The lowest BCUT2D eigenvalue weighted by Gasteiger charge is -2.19. The van der Waals surface area contributed by atoms with E-state index in [4.69, 9.17) is 0 Å². The Morgan fingerprint density at radius 1 is 1.05 bits per heavy atom. The molecule has 3 aromatic rings. The fourth-order valence-electron chi connectivity index (χ4n) is 2.67. The summed E-state index contributed by atoms with van der Waals surface area (Å²) in [5, 5.41) is 5.91. The third-order valence-electron chi connectivity index (χ3n) is 3.62. The number of pyridine rings is 2. The summed E-state index contributed by atoms with van der Waals surface area (Å²) in [6, 6.07) is 14.6. The van der Waals surface area contributed by atoms with Crippen LogP contribution in [0.4, 0.5) is 0 Å². The number of aryl methyl sites for hydroxylation is 1. The largest absolute Gasteiger partial charge is 0.305 e. The van der Waals surface area contributed by atoms with Crippen LogP contribution in [0, 0.1) is 6.92 Å². The first-order chi connectivity index (χ1) is 10.3. The maximum atomic E-state index is 4.69. The van der Waals surface area contributed by atoms with E-state index in [0.29, 0.717) is 0 Å². The summed E-state index contributed by atoms with van der Waals surface area (Å²) < 4.78 is 0. The Balaban J connectivity index is 2.16. The van der Waals surface area contributed by atoms with Crippen molar-refractivity contribution in [3.05, 3.63) is 71.8 Å². The van der Waals surface area contributed by atoms with Gasteiger partial charge in [-0.3, -0.25) is 9.97 Å². The molecule has 1 N–H and O–H groups in total. The number of hydrogen-bond acceptors (Lipinski definition) is 3. The van der Waals surface area contributed by atoms with Crippen LogP contribution in [0.5, 0.6) is 0 Å². The number of rotatable bonds is 4. The quantitative estimate of drug-likeness (QED) is 0.791. The van der Waals surface area contributed by atoms with Gasteiger partial charge in [0.25, 0.3) is 0 Å². The second-order valence-corrected chi connectivity index (χ2v) is 5.14. The van der Waals surface area contributed by atoms with E-state index >= 15 is 0 Å². The highest BCUT2D eigenvalue weighted by Crippen LogP contribution is 2.27. The molecule has 21 heavy (non-hydrogen) atoms. The highest BCUT2D eigenvalue weighted by Gasteiger charge is 2.17. The van der Waals surface area contributed by atoms with Crippen LogP contribution in [0.3, 0.4) is 0 Å². The predicted octanol–water partition coefficient (Wildman–Crippen LogP) is 3.64.